The molecule has 0 bridgehead atoms. The highest BCUT2D eigenvalue weighted by atomic mass is 16.6. The van der Waals surface area contributed by atoms with Crippen LogP contribution < -0.4 is 10.1 Å². The van der Waals surface area contributed by atoms with Gasteiger partial charge < -0.3 is 19.5 Å². The second-order valence-corrected chi connectivity index (χ2v) is 5.64. The average molecular weight is 306 g/mol. The molecular formula is C16H22N2O4. The Kier molecular flexibility index (Phi) is 5.24. The normalized spacial score (nSPS) is 22.5. The highest BCUT2D eigenvalue weighted by molar-refractivity contribution is 5.81. The number of rotatable bonds is 5. The Balaban J connectivity index is 1.56. The Labute approximate surface area is 130 Å². The minimum absolute atomic E-state index is 0.157. The third-order valence-corrected chi connectivity index (χ3v) is 3.99. The predicted molar refractivity (Wildman–Crippen MR) is 79.5 cm³/mol. The Morgan fingerprint density at radius 2 is 2.23 bits per heavy atom. The third kappa shape index (κ3) is 3.96. The molecule has 1 aliphatic heterocycles. The van der Waals surface area contributed by atoms with Gasteiger partial charge in [0.1, 0.15) is 6.10 Å². The maximum atomic E-state index is 12.0. The molecule has 6 heteroatoms. The summed E-state index contributed by atoms with van der Waals surface area (Å²) >= 11 is 0. The highest BCUT2D eigenvalue weighted by Crippen LogP contribution is 2.24. The van der Waals surface area contributed by atoms with Crippen molar-refractivity contribution < 1.29 is 19.0 Å². The quantitative estimate of drug-likeness (QED) is 0.891. The topological polar surface area (TPSA) is 69.7 Å². The van der Waals surface area contributed by atoms with Crippen LogP contribution in [0.15, 0.2) is 18.3 Å². The molecule has 1 N–H and O–H groups in total. The van der Waals surface area contributed by atoms with Crippen molar-refractivity contribution in [3.05, 3.63) is 23.9 Å². The van der Waals surface area contributed by atoms with Crippen molar-refractivity contribution in [3.8, 4) is 5.88 Å². The molecular weight excluding hydrogens is 284 g/mol. The van der Waals surface area contributed by atoms with Crippen LogP contribution in [0.3, 0.4) is 0 Å². The lowest BCUT2D eigenvalue weighted by Gasteiger charge is -2.22. The molecule has 2 fully saturated rings. The van der Waals surface area contributed by atoms with E-state index in [1.807, 2.05) is 12.1 Å². The van der Waals surface area contributed by atoms with Crippen LogP contribution in [0, 0.1) is 0 Å². The van der Waals surface area contributed by atoms with E-state index in [0.717, 1.165) is 18.4 Å². The van der Waals surface area contributed by atoms with E-state index in [4.69, 9.17) is 14.2 Å². The zero-order chi connectivity index (χ0) is 15.2. The first-order valence-corrected chi connectivity index (χ1v) is 7.90. The van der Waals surface area contributed by atoms with Gasteiger partial charge in [0.15, 0.2) is 6.10 Å². The number of ether oxygens (including phenoxy) is 3. The number of aromatic nitrogens is 1. The number of amides is 1. The van der Waals surface area contributed by atoms with Crippen molar-refractivity contribution in [1.82, 2.24) is 10.3 Å². The van der Waals surface area contributed by atoms with Gasteiger partial charge in [0.25, 0.3) is 5.91 Å². The van der Waals surface area contributed by atoms with Crippen molar-refractivity contribution >= 4 is 5.91 Å². The number of hydrogen-bond donors (Lipinski definition) is 1. The smallest absolute Gasteiger partial charge is 0.251 e. The lowest BCUT2D eigenvalue weighted by atomic mass is 10.2. The van der Waals surface area contributed by atoms with Gasteiger partial charge in [0.05, 0.1) is 19.8 Å². The second-order valence-electron chi connectivity index (χ2n) is 5.64. The molecule has 1 amide bonds. The van der Waals surface area contributed by atoms with Gasteiger partial charge in [0, 0.05) is 18.3 Å². The van der Waals surface area contributed by atoms with Crippen molar-refractivity contribution in [2.75, 3.05) is 19.8 Å². The van der Waals surface area contributed by atoms with E-state index >= 15 is 0 Å². The van der Waals surface area contributed by atoms with Crippen LogP contribution >= 0.6 is 0 Å². The molecule has 1 saturated carbocycles. The van der Waals surface area contributed by atoms with E-state index in [0.29, 0.717) is 32.2 Å². The van der Waals surface area contributed by atoms with Gasteiger partial charge in [-0.2, -0.15) is 0 Å². The fourth-order valence-electron chi connectivity index (χ4n) is 2.76. The maximum Gasteiger partial charge on any atom is 0.251 e. The van der Waals surface area contributed by atoms with E-state index in [1.165, 1.54) is 12.8 Å². The molecule has 120 valence electrons. The Bertz CT molecular complexity index is 497. The second kappa shape index (κ2) is 7.56. The largest absolute Gasteiger partial charge is 0.474 e. The van der Waals surface area contributed by atoms with Crippen LogP contribution in [-0.4, -0.2) is 42.9 Å². The fraction of sp³-hybridized carbons (Fsp3) is 0.625. The number of carbonyl (C=O) groups excluding carboxylic acids is 1. The highest BCUT2D eigenvalue weighted by Gasteiger charge is 2.23. The molecule has 6 nitrogen and oxygen atoms in total. The van der Waals surface area contributed by atoms with E-state index < -0.39 is 6.10 Å². The summed E-state index contributed by atoms with van der Waals surface area (Å²) in [5.41, 5.74) is 0.888. The van der Waals surface area contributed by atoms with Gasteiger partial charge in [-0.25, -0.2) is 4.98 Å². The summed E-state index contributed by atoms with van der Waals surface area (Å²) in [7, 11) is 0. The van der Waals surface area contributed by atoms with Crippen molar-refractivity contribution in [3.63, 3.8) is 0 Å². The number of nitrogens with zero attached hydrogens (tertiary/aromatic N) is 1. The summed E-state index contributed by atoms with van der Waals surface area (Å²) in [6, 6.07) is 3.78. The van der Waals surface area contributed by atoms with Crippen LogP contribution in [0.2, 0.25) is 0 Å². The molecule has 2 heterocycles. The molecule has 1 saturated heterocycles. The summed E-state index contributed by atoms with van der Waals surface area (Å²) in [6.45, 7) is 1.70. The minimum atomic E-state index is -0.523. The number of carbonyl (C=O) groups is 1. The lowest BCUT2D eigenvalue weighted by Crippen LogP contribution is -2.42. The summed E-state index contributed by atoms with van der Waals surface area (Å²) < 4.78 is 16.6. The summed E-state index contributed by atoms with van der Waals surface area (Å²) in [5, 5.41) is 2.87. The minimum Gasteiger partial charge on any atom is -0.474 e. The molecule has 1 aromatic heterocycles. The molecule has 1 aromatic rings. The first kappa shape index (κ1) is 15.2. The zero-order valence-electron chi connectivity index (χ0n) is 12.6. The van der Waals surface area contributed by atoms with Crippen molar-refractivity contribution in [1.29, 1.82) is 0 Å². The fourth-order valence-corrected chi connectivity index (χ4v) is 2.76. The van der Waals surface area contributed by atoms with E-state index in [1.54, 1.807) is 6.20 Å². The van der Waals surface area contributed by atoms with Crippen LogP contribution in [0.25, 0.3) is 0 Å². The van der Waals surface area contributed by atoms with Crippen molar-refractivity contribution in [2.45, 2.75) is 44.4 Å². The SMILES string of the molecule is O=C(NCc1cccnc1OC1CCCC1)[C@@H]1COCCO1. The standard InChI is InChI=1S/C16H22N2O4/c19-15(14-11-20-8-9-21-14)18-10-12-4-3-7-17-16(12)22-13-5-1-2-6-13/h3-4,7,13-14H,1-2,5-6,8-11H2,(H,18,19)/t14-/m0/s1. The number of nitrogens with one attached hydrogen (secondary N) is 1. The van der Waals surface area contributed by atoms with Crippen LogP contribution in [0.4, 0.5) is 0 Å². The van der Waals surface area contributed by atoms with Crippen LogP contribution in [0.1, 0.15) is 31.2 Å². The van der Waals surface area contributed by atoms with Gasteiger partial charge >= 0.3 is 0 Å². The van der Waals surface area contributed by atoms with Gasteiger partial charge in [-0.1, -0.05) is 6.07 Å². The Morgan fingerprint density at radius 1 is 1.36 bits per heavy atom. The molecule has 1 atom stereocenters. The number of pyridine rings is 1. The van der Waals surface area contributed by atoms with Crippen LogP contribution in [-0.2, 0) is 20.8 Å². The molecule has 0 radical (unpaired) electrons. The van der Waals surface area contributed by atoms with Gasteiger partial charge in [-0.05, 0) is 31.7 Å². The summed E-state index contributed by atoms with van der Waals surface area (Å²) in [4.78, 5) is 16.4. The monoisotopic (exact) mass is 306 g/mol. The third-order valence-electron chi connectivity index (χ3n) is 3.99. The van der Waals surface area contributed by atoms with Crippen molar-refractivity contribution in [2.24, 2.45) is 0 Å². The first-order valence-electron chi connectivity index (χ1n) is 7.90. The first-order chi connectivity index (χ1) is 10.8. The summed E-state index contributed by atoms with van der Waals surface area (Å²) in [6.07, 6.45) is 6.02. The van der Waals surface area contributed by atoms with E-state index in [9.17, 15) is 4.79 Å². The summed E-state index contributed by atoms with van der Waals surface area (Å²) in [5.74, 6) is 0.464. The Morgan fingerprint density at radius 3 is 3.00 bits per heavy atom. The predicted octanol–water partition coefficient (Wildman–Crippen LogP) is 1.43. The van der Waals surface area contributed by atoms with Gasteiger partial charge in [-0.15, -0.1) is 0 Å². The van der Waals surface area contributed by atoms with E-state index in [2.05, 4.69) is 10.3 Å². The number of hydrogen-bond acceptors (Lipinski definition) is 5. The molecule has 0 spiro atoms. The molecule has 0 unspecified atom stereocenters. The maximum absolute atomic E-state index is 12.0. The van der Waals surface area contributed by atoms with Gasteiger partial charge in [-0.3, -0.25) is 4.79 Å². The molecule has 2 aliphatic rings. The average Bonchev–Trinajstić information content (AvgIpc) is 3.07. The van der Waals surface area contributed by atoms with Gasteiger partial charge in [0.2, 0.25) is 5.88 Å². The zero-order valence-corrected chi connectivity index (χ0v) is 12.6. The molecule has 1 aliphatic carbocycles. The Hall–Kier alpha value is -1.66. The lowest BCUT2D eigenvalue weighted by molar-refractivity contribution is -0.147. The van der Waals surface area contributed by atoms with Crippen LogP contribution in [0.5, 0.6) is 5.88 Å². The molecule has 0 aromatic carbocycles. The molecule has 3 rings (SSSR count). The molecule has 22 heavy (non-hydrogen) atoms. The van der Waals surface area contributed by atoms with E-state index in [-0.39, 0.29) is 12.0 Å².